The predicted octanol–water partition coefficient (Wildman–Crippen LogP) is 0.758. The summed E-state index contributed by atoms with van der Waals surface area (Å²) < 4.78 is 13.7. The molecule has 15 aliphatic rings. The van der Waals surface area contributed by atoms with E-state index in [1.807, 2.05) is 12.1 Å². The lowest BCUT2D eigenvalue weighted by molar-refractivity contribution is -0.639. The Kier molecular flexibility index (Phi) is 8.49. The van der Waals surface area contributed by atoms with Gasteiger partial charge in [0.25, 0.3) is 35.4 Å². The van der Waals surface area contributed by atoms with Gasteiger partial charge >= 0.3 is 0 Å². The van der Waals surface area contributed by atoms with E-state index in [9.17, 15) is 33.6 Å². The van der Waals surface area contributed by atoms with E-state index in [1.54, 1.807) is 48.8 Å². The van der Waals surface area contributed by atoms with Gasteiger partial charge in [-0.25, -0.2) is 19.0 Å². The van der Waals surface area contributed by atoms with Crippen LogP contribution in [0.15, 0.2) is 78.0 Å². The molecule has 81 heavy (non-hydrogen) atoms. The van der Waals surface area contributed by atoms with Crippen molar-refractivity contribution >= 4 is 69.9 Å². The molecule has 7 heterocycles. The third-order valence-electron chi connectivity index (χ3n) is 22.5. The van der Waals surface area contributed by atoms with Gasteiger partial charge < -0.3 is 51.6 Å². The minimum atomic E-state index is -0.431. The van der Waals surface area contributed by atoms with Gasteiger partial charge in [-0.15, -0.1) is 0 Å². The maximum Gasteiger partial charge on any atom is 0.270 e. The molecule has 4 aromatic heterocycles. The van der Waals surface area contributed by atoms with E-state index in [0.29, 0.717) is 99.4 Å². The summed E-state index contributed by atoms with van der Waals surface area (Å²) in [6.07, 6.45) is 3.12. The summed E-state index contributed by atoms with van der Waals surface area (Å²) in [5.41, 5.74) is 5.44. The van der Waals surface area contributed by atoms with Gasteiger partial charge in [-0.2, -0.15) is 10.2 Å². The fraction of sp³-hybridized carbons (Fsp3) is 0.439. The maximum atomic E-state index is 13.5. The van der Waals surface area contributed by atoms with Crippen molar-refractivity contribution < 1.29 is 43.0 Å². The van der Waals surface area contributed by atoms with Crippen molar-refractivity contribution in [3.63, 3.8) is 0 Å². The molecule has 6 aromatic rings. The number of carbonyl (C=O) groups excluding carboxylic acids is 7. The molecule has 0 radical (unpaired) electrons. The molecule has 7 amide bonds. The molecule has 21 rings (SSSR count). The summed E-state index contributed by atoms with van der Waals surface area (Å²) in [4.78, 5) is 104. The maximum absolute atomic E-state index is 13.5. The molecule has 0 atom stereocenters. The fourth-order valence-electron chi connectivity index (χ4n) is 20.2. The molecular weight excluding hydrogens is 1040 g/mol. The number of nitrogens with zero attached hydrogens (tertiary/aromatic N) is 8. The Bertz CT molecular complexity index is 3940. The highest BCUT2D eigenvalue weighted by Crippen LogP contribution is 3.10. The van der Waals surface area contributed by atoms with Crippen molar-refractivity contribution in [3.05, 3.63) is 107 Å². The first kappa shape index (κ1) is 46.0. The number of aliphatic imine (C=N–C) groups is 1. The number of hydrogen-bond acceptors (Lipinski definition) is 15. The number of amides is 7. The number of fused-ring (bicyclic) bond motifs is 4. The number of ether oxygens (including phenoxy) is 2. The third kappa shape index (κ3) is 5.11. The van der Waals surface area contributed by atoms with Crippen molar-refractivity contribution in [2.75, 3.05) is 57.6 Å². The highest BCUT2D eigenvalue weighted by molar-refractivity contribution is 6.10. The van der Waals surface area contributed by atoms with Crippen LogP contribution in [-0.4, -0.2) is 134 Å². The van der Waals surface area contributed by atoms with Crippen LogP contribution >= 0.6 is 0 Å². The van der Waals surface area contributed by atoms with Crippen LogP contribution in [0.1, 0.15) is 53.1 Å². The number of benzene rings is 2. The van der Waals surface area contributed by atoms with Crippen LogP contribution < -0.4 is 46.7 Å². The average Bonchev–Trinajstić information content (AvgIpc) is 0.699. The molecule has 3 aliphatic heterocycles. The van der Waals surface area contributed by atoms with E-state index in [1.165, 1.54) is 21.2 Å². The molecule has 24 heteroatoms. The highest BCUT2D eigenvalue weighted by Gasteiger charge is 3.11. The van der Waals surface area contributed by atoms with Gasteiger partial charge in [0.05, 0.1) is 23.8 Å². The van der Waals surface area contributed by atoms with E-state index in [0.717, 1.165) is 52.5 Å². The van der Waals surface area contributed by atoms with Crippen molar-refractivity contribution in [1.29, 1.82) is 0 Å². The van der Waals surface area contributed by atoms with Crippen LogP contribution in [0.5, 0.6) is 11.5 Å². The van der Waals surface area contributed by atoms with E-state index in [-0.39, 0.29) is 90.3 Å². The summed E-state index contributed by atoms with van der Waals surface area (Å²) in [5, 5.41) is 29.1. The Hall–Kier alpha value is -8.80. The first-order valence-electron chi connectivity index (χ1n) is 27.8. The van der Waals surface area contributed by atoms with Gasteiger partial charge in [0.1, 0.15) is 46.7 Å². The number of aromatic nitrogens is 6. The molecular formula is C57H51N15O9. The second-order valence-electron chi connectivity index (χ2n) is 24.8. The topological polar surface area (TPSA) is 298 Å². The molecule has 12 saturated carbocycles. The molecule has 0 bridgehead atoms. The third-order valence-corrected chi connectivity index (χ3v) is 22.5. The molecule has 408 valence electrons. The van der Waals surface area contributed by atoms with Crippen molar-refractivity contribution in [3.8, 4) is 11.5 Å². The van der Waals surface area contributed by atoms with Gasteiger partial charge in [-0.1, -0.05) is 12.1 Å². The van der Waals surface area contributed by atoms with Crippen LogP contribution in [0.4, 0.5) is 11.4 Å². The van der Waals surface area contributed by atoms with Crippen LogP contribution in [0.3, 0.4) is 0 Å². The van der Waals surface area contributed by atoms with Crippen LogP contribution in [0.25, 0.3) is 11.3 Å². The second kappa shape index (κ2) is 14.9. The first-order valence-corrected chi connectivity index (χ1v) is 27.8. The molecule has 12 aliphatic carbocycles. The van der Waals surface area contributed by atoms with E-state index in [2.05, 4.69) is 81.4 Å². The SMILES string of the molecule is CN(C)C12C3C4C1C1C2C3C41CNC(=O)c1cc(C(=O)NCc2ccc3c(c2)NC(=O)CO3)nc2ccnn12.O=C1CN=C(C23C4C5C2C2C3C4C52CNC(=O)c2cc(C(=O)NCc3ccc4c(c3)NC(=O)CO4)nc3ccnn23)N1. The fourth-order valence-corrected chi connectivity index (χ4v) is 20.2. The minimum absolute atomic E-state index is 0.000296. The summed E-state index contributed by atoms with van der Waals surface area (Å²) in [7, 11) is 4.45. The van der Waals surface area contributed by atoms with Gasteiger partial charge in [0.2, 0.25) is 5.91 Å². The summed E-state index contributed by atoms with van der Waals surface area (Å²) in [5.74, 6) is 8.70. The minimum Gasteiger partial charge on any atom is -0.482 e. The predicted molar refractivity (Wildman–Crippen MR) is 280 cm³/mol. The normalized spacial score (nSPS) is 36.5. The molecule has 0 spiro atoms. The Morgan fingerprint density at radius 3 is 1.46 bits per heavy atom. The monoisotopic (exact) mass is 1090 g/mol. The summed E-state index contributed by atoms with van der Waals surface area (Å²) >= 11 is 0. The zero-order valence-electron chi connectivity index (χ0n) is 43.6. The zero-order valence-corrected chi connectivity index (χ0v) is 43.6. The number of nitrogens with one attached hydrogen (secondary N) is 7. The largest absolute Gasteiger partial charge is 0.482 e. The summed E-state index contributed by atoms with van der Waals surface area (Å²) in [6.45, 7) is 1.94. The molecule has 0 saturated heterocycles. The van der Waals surface area contributed by atoms with E-state index in [4.69, 9.17) is 9.47 Å². The van der Waals surface area contributed by atoms with Crippen LogP contribution in [-0.2, 0) is 27.5 Å². The smallest absolute Gasteiger partial charge is 0.270 e. The number of rotatable bonds is 14. The van der Waals surface area contributed by atoms with E-state index < -0.39 is 11.8 Å². The van der Waals surface area contributed by atoms with Crippen molar-refractivity contribution in [2.45, 2.75) is 18.6 Å². The Balaban J connectivity index is 0.000000125. The van der Waals surface area contributed by atoms with Gasteiger partial charge in [-0.3, -0.25) is 38.6 Å². The Morgan fingerprint density at radius 1 is 0.568 bits per heavy atom. The highest BCUT2D eigenvalue weighted by atomic mass is 16.5. The quantitative estimate of drug-likeness (QED) is 0.0793. The van der Waals surface area contributed by atoms with Gasteiger partial charge in [0, 0.05) is 61.4 Å². The number of hydrogen-bond donors (Lipinski definition) is 7. The van der Waals surface area contributed by atoms with Gasteiger partial charge in [-0.05, 0) is 131 Å². The van der Waals surface area contributed by atoms with Crippen LogP contribution in [0.2, 0.25) is 0 Å². The second-order valence-corrected chi connectivity index (χ2v) is 24.8. The number of carbonyl (C=O) groups is 7. The standard InChI is InChI=1S/C29H24N8O5.C28H27N7O4/c38-17-8-31-27(36-17)29-22-19-23(29)21-24(29)20(22)28(19,21)10-32-26(41)14-6-13(34-16-3-4-33-37(14)16)25(40)30-7-11-1-2-15-12(5-11)35-18(39)9-42-15;1-34(2)28-22-19-23(28)21-24(28)20(22)27(19,21)11-30-26(38)15-8-14(32-17-5-6-31-35(15)17)25(37)29-9-12-3-4-16-13(7-12)33-18(36)10-39-16/h1-6,19-24H,7-10H2,(H,30,40)(H,32,41)(H,35,39)(H,31,36,38);3-8,19-24H,9-11H2,1-2H3,(H,29,37)(H,30,38)(H,33,36). The van der Waals surface area contributed by atoms with Crippen molar-refractivity contribution in [1.82, 2.24) is 60.7 Å². The Labute approximate surface area is 458 Å². The average molecular weight is 1090 g/mol. The summed E-state index contributed by atoms with van der Waals surface area (Å²) in [6, 6.07) is 17.0. The first-order chi connectivity index (χ1) is 39.3. The molecule has 0 unspecified atom stereocenters. The number of anilines is 2. The lowest BCUT2D eigenvalue weighted by Gasteiger charge is -3.12. The lowest BCUT2D eigenvalue weighted by atomic mass is 8.92. The van der Waals surface area contributed by atoms with E-state index >= 15 is 0 Å². The zero-order chi connectivity index (χ0) is 54.5. The van der Waals surface area contributed by atoms with Crippen molar-refractivity contribution in [2.24, 2.45) is 92.3 Å². The lowest BCUT2D eigenvalue weighted by Crippen LogP contribution is -3.15. The molecule has 12 fully saturated rings. The molecule has 2 aromatic carbocycles. The van der Waals surface area contributed by atoms with Gasteiger partial charge in [0.15, 0.2) is 24.5 Å². The Morgan fingerprint density at radius 2 is 1.02 bits per heavy atom. The van der Waals surface area contributed by atoms with Crippen LogP contribution in [0, 0.1) is 87.3 Å². The molecule has 24 nitrogen and oxygen atoms in total. The molecule has 7 N–H and O–H groups in total. The number of amidine groups is 1.